The molecular weight excluding hydrogens is 376 g/mol. The second-order valence-corrected chi connectivity index (χ2v) is 9.72. The van der Waals surface area contributed by atoms with Gasteiger partial charge in [-0.3, -0.25) is 4.98 Å². The Balaban J connectivity index is 2.72. The number of alkyl halides is 1. The summed E-state index contributed by atoms with van der Waals surface area (Å²) < 4.78 is 26.0. The van der Waals surface area contributed by atoms with Gasteiger partial charge in [0.25, 0.3) is 0 Å². The van der Waals surface area contributed by atoms with E-state index in [1.54, 1.807) is 24.5 Å². The molecule has 0 atom stereocenters. The highest BCUT2D eigenvalue weighted by atomic mass is 79.9. The van der Waals surface area contributed by atoms with Crippen molar-refractivity contribution in [2.24, 2.45) is 0 Å². The van der Waals surface area contributed by atoms with Crippen molar-refractivity contribution in [3.63, 3.8) is 0 Å². The molecule has 0 spiro atoms. The van der Waals surface area contributed by atoms with Crippen LogP contribution in [0.4, 0.5) is 11.4 Å². The number of aryl methyl sites for hydroxylation is 1. The van der Waals surface area contributed by atoms with Crippen LogP contribution in [0.1, 0.15) is 31.9 Å². The summed E-state index contributed by atoms with van der Waals surface area (Å²) >= 11 is 3.64. The van der Waals surface area contributed by atoms with Gasteiger partial charge in [-0.15, -0.1) is 0 Å². The van der Waals surface area contributed by atoms with E-state index in [0.717, 1.165) is 17.5 Å². The predicted octanol–water partition coefficient (Wildman–Crippen LogP) is 4.37. The zero-order valence-electron chi connectivity index (χ0n) is 13.7. The molecular formula is C17H21BrN2O2S. The second kappa shape index (κ2) is 6.61. The van der Waals surface area contributed by atoms with Crippen LogP contribution >= 0.6 is 15.9 Å². The average Bonchev–Trinajstić information content (AvgIpc) is 2.46. The summed E-state index contributed by atoms with van der Waals surface area (Å²) in [5.41, 5.74) is 3.20. The minimum Gasteiger partial charge on any atom is -0.263 e. The van der Waals surface area contributed by atoms with Crippen molar-refractivity contribution in [2.75, 3.05) is 10.6 Å². The van der Waals surface area contributed by atoms with Crippen molar-refractivity contribution in [1.29, 1.82) is 0 Å². The molecule has 0 N–H and O–H groups in total. The summed E-state index contributed by atoms with van der Waals surface area (Å²) in [5.74, 6) is 0. The number of pyridine rings is 1. The van der Waals surface area contributed by atoms with Gasteiger partial charge in [0.2, 0.25) is 10.0 Å². The minimum atomic E-state index is -3.49. The minimum absolute atomic E-state index is 0.244. The maximum atomic E-state index is 12.4. The fourth-order valence-electron chi connectivity index (χ4n) is 2.40. The first kappa shape index (κ1) is 17.9. The van der Waals surface area contributed by atoms with Gasteiger partial charge in [0.05, 0.1) is 23.8 Å². The Kier molecular flexibility index (Phi) is 5.16. The van der Waals surface area contributed by atoms with Gasteiger partial charge in [0, 0.05) is 10.5 Å². The lowest BCUT2D eigenvalue weighted by Gasteiger charge is -2.27. The molecule has 0 radical (unpaired) electrons. The Hall–Kier alpha value is -1.40. The standard InChI is InChI=1S/C17H21BrN2O2S/c1-5-13-8-9-14(17(2,3)18)11-16(13)20(23(4,21)22)15-7-6-10-19-12-15/h6-12H,5H2,1-4H3. The summed E-state index contributed by atoms with van der Waals surface area (Å²) in [6.07, 6.45) is 5.14. The average molecular weight is 397 g/mol. The van der Waals surface area contributed by atoms with Gasteiger partial charge in [0.15, 0.2) is 0 Å². The molecule has 2 aromatic rings. The van der Waals surface area contributed by atoms with Crippen LogP contribution in [-0.2, 0) is 20.8 Å². The normalized spacial score (nSPS) is 12.2. The summed E-state index contributed by atoms with van der Waals surface area (Å²) in [5, 5.41) is 0. The number of anilines is 2. The van der Waals surface area contributed by atoms with Gasteiger partial charge in [-0.05, 0) is 49.6 Å². The third-order valence-corrected chi connectivity index (χ3v) is 5.11. The molecule has 1 aromatic heterocycles. The van der Waals surface area contributed by atoms with Crippen molar-refractivity contribution in [1.82, 2.24) is 4.98 Å². The zero-order valence-corrected chi connectivity index (χ0v) is 16.1. The van der Waals surface area contributed by atoms with Gasteiger partial charge in [-0.1, -0.05) is 35.0 Å². The van der Waals surface area contributed by atoms with Crippen molar-refractivity contribution < 1.29 is 8.42 Å². The number of benzene rings is 1. The lowest BCUT2D eigenvalue weighted by molar-refractivity contribution is 0.602. The predicted molar refractivity (Wildman–Crippen MR) is 99.0 cm³/mol. The molecule has 0 aliphatic heterocycles. The molecule has 0 saturated heterocycles. The SMILES string of the molecule is CCc1ccc(C(C)(C)Br)cc1N(c1cccnc1)S(C)(=O)=O. The van der Waals surface area contributed by atoms with E-state index in [4.69, 9.17) is 0 Å². The molecule has 23 heavy (non-hydrogen) atoms. The van der Waals surface area contributed by atoms with E-state index in [0.29, 0.717) is 11.4 Å². The van der Waals surface area contributed by atoms with E-state index in [9.17, 15) is 8.42 Å². The van der Waals surface area contributed by atoms with Crippen molar-refractivity contribution in [2.45, 2.75) is 31.5 Å². The molecule has 4 nitrogen and oxygen atoms in total. The first-order valence-corrected chi connectivity index (χ1v) is 10.0. The van der Waals surface area contributed by atoms with Crippen molar-refractivity contribution >= 4 is 37.3 Å². The first-order valence-electron chi connectivity index (χ1n) is 7.37. The quantitative estimate of drug-likeness (QED) is 0.704. The van der Waals surface area contributed by atoms with Gasteiger partial charge < -0.3 is 0 Å². The summed E-state index contributed by atoms with van der Waals surface area (Å²) in [6.45, 7) is 6.08. The summed E-state index contributed by atoms with van der Waals surface area (Å²) in [7, 11) is -3.49. The van der Waals surface area contributed by atoms with Crippen LogP contribution in [0, 0.1) is 0 Å². The third-order valence-electron chi connectivity index (χ3n) is 3.58. The molecule has 0 aliphatic carbocycles. The molecule has 1 aromatic carbocycles. The first-order chi connectivity index (χ1) is 10.6. The molecule has 0 unspecified atom stereocenters. The number of sulfonamides is 1. The van der Waals surface area contributed by atoms with Gasteiger partial charge >= 0.3 is 0 Å². The molecule has 0 aliphatic rings. The van der Waals surface area contributed by atoms with E-state index >= 15 is 0 Å². The smallest absolute Gasteiger partial charge is 0.236 e. The molecule has 0 bridgehead atoms. The van der Waals surface area contributed by atoms with Crippen LogP contribution in [0.2, 0.25) is 0 Å². The second-order valence-electron chi connectivity index (χ2n) is 5.91. The van der Waals surface area contributed by atoms with E-state index < -0.39 is 10.0 Å². The van der Waals surface area contributed by atoms with Crippen molar-refractivity contribution in [3.05, 3.63) is 53.9 Å². The third kappa shape index (κ3) is 4.12. The summed E-state index contributed by atoms with van der Waals surface area (Å²) in [6, 6.07) is 9.43. The van der Waals surface area contributed by atoms with Crippen LogP contribution in [-0.4, -0.2) is 19.7 Å². The van der Waals surface area contributed by atoms with Crippen LogP contribution in [0.25, 0.3) is 0 Å². The number of nitrogens with zero attached hydrogens (tertiary/aromatic N) is 2. The highest BCUT2D eigenvalue weighted by molar-refractivity contribution is 9.09. The number of rotatable bonds is 5. The Morgan fingerprint density at radius 3 is 2.43 bits per heavy atom. The van der Waals surface area contributed by atoms with E-state index in [1.165, 1.54) is 10.6 Å². The van der Waals surface area contributed by atoms with Crippen LogP contribution < -0.4 is 4.31 Å². The Labute approximate surface area is 146 Å². The topological polar surface area (TPSA) is 50.3 Å². The van der Waals surface area contributed by atoms with Crippen molar-refractivity contribution in [3.8, 4) is 0 Å². The molecule has 0 saturated carbocycles. The van der Waals surface area contributed by atoms with Gasteiger partial charge in [-0.2, -0.15) is 0 Å². The Morgan fingerprint density at radius 1 is 1.26 bits per heavy atom. The fourth-order valence-corrected chi connectivity index (χ4v) is 3.67. The van der Waals surface area contributed by atoms with E-state index in [2.05, 4.69) is 20.9 Å². The molecule has 0 amide bonds. The fraction of sp³-hybridized carbons (Fsp3) is 0.353. The highest BCUT2D eigenvalue weighted by Gasteiger charge is 2.25. The lowest BCUT2D eigenvalue weighted by atomic mass is 9.99. The lowest BCUT2D eigenvalue weighted by Crippen LogP contribution is -2.26. The highest BCUT2D eigenvalue weighted by Crippen LogP contribution is 2.37. The Morgan fingerprint density at radius 2 is 1.96 bits per heavy atom. The number of hydrogen-bond acceptors (Lipinski definition) is 3. The maximum absolute atomic E-state index is 12.4. The van der Waals surface area contributed by atoms with Gasteiger partial charge in [-0.25, -0.2) is 12.7 Å². The van der Waals surface area contributed by atoms with Crippen LogP contribution in [0.3, 0.4) is 0 Å². The summed E-state index contributed by atoms with van der Waals surface area (Å²) in [4.78, 5) is 4.06. The monoisotopic (exact) mass is 396 g/mol. The molecule has 0 fully saturated rings. The number of aromatic nitrogens is 1. The van der Waals surface area contributed by atoms with Crippen LogP contribution in [0.5, 0.6) is 0 Å². The number of hydrogen-bond donors (Lipinski definition) is 0. The molecule has 6 heteroatoms. The Bertz CT molecular complexity index is 784. The molecule has 2 rings (SSSR count). The van der Waals surface area contributed by atoms with E-state index in [-0.39, 0.29) is 4.32 Å². The maximum Gasteiger partial charge on any atom is 0.236 e. The zero-order chi connectivity index (χ0) is 17.3. The molecule has 1 heterocycles. The number of halogens is 1. The van der Waals surface area contributed by atoms with Crippen LogP contribution in [0.15, 0.2) is 42.7 Å². The molecule has 124 valence electrons. The van der Waals surface area contributed by atoms with Gasteiger partial charge in [0.1, 0.15) is 0 Å². The van der Waals surface area contributed by atoms with E-state index in [1.807, 2.05) is 39.0 Å². The largest absolute Gasteiger partial charge is 0.263 e.